The highest BCUT2D eigenvalue weighted by molar-refractivity contribution is 5.78. The molecule has 0 aliphatic rings. The highest BCUT2D eigenvalue weighted by atomic mass is 16.7. The number of aromatic nitrogens is 2. The topological polar surface area (TPSA) is 104 Å². The molecule has 1 aromatic carbocycles. The van der Waals surface area contributed by atoms with Gasteiger partial charge in [-0.15, -0.1) is 0 Å². The number of nitro groups is 2. The number of nitro benzene ring substituents is 1. The van der Waals surface area contributed by atoms with Crippen molar-refractivity contribution >= 4 is 16.7 Å². The minimum Gasteiger partial charge on any atom is -0.258 e. The van der Waals surface area contributed by atoms with Crippen molar-refractivity contribution in [1.82, 2.24) is 9.66 Å². The van der Waals surface area contributed by atoms with E-state index in [0.717, 1.165) is 4.68 Å². The van der Waals surface area contributed by atoms with Gasteiger partial charge in [0, 0.05) is 19.1 Å². The minimum absolute atomic E-state index is 0.138. The van der Waals surface area contributed by atoms with E-state index in [0.29, 0.717) is 0 Å². The zero-order valence-electron chi connectivity index (χ0n) is 8.15. The SMILES string of the molecule is Cc1nc2cc([N+](=O)[O-])ccc2n1[N+](=O)[O-]. The van der Waals surface area contributed by atoms with Crippen LogP contribution < -0.4 is 0 Å². The predicted octanol–water partition coefficient (Wildman–Crippen LogP) is 1.29. The highest BCUT2D eigenvalue weighted by Gasteiger charge is 2.17. The van der Waals surface area contributed by atoms with Crippen LogP contribution in [0.4, 0.5) is 5.69 Å². The molecule has 2 aromatic rings. The summed E-state index contributed by atoms with van der Waals surface area (Å²) in [6, 6.07) is 3.74. The van der Waals surface area contributed by atoms with Crippen molar-refractivity contribution in [3.05, 3.63) is 44.3 Å². The van der Waals surface area contributed by atoms with Gasteiger partial charge in [0.2, 0.25) is 0 Å². The van der Waals surface area contributed by atoms with Gasteiger partial charge >= 0.3 is 0 Å². The summed E-state index contributed by atoms with van der Waals surface area (Å²) in [6.45, 7) is 1.47. The van der Waals surface area contributed by atoms with Crippen LogP contribution in [0.5, 0.6) is 0 Å². The molecule has 8 nitrogen and oxygen atoms in total. The number of hydrogen-bond acceptors (Lipinski definition) is 5. The summed E-state index contributed by atoms with van der Waals surface area (Å²) >= 11 is 0. The zero-order valence-corrected chi connectivity index (χ0v) is 8.15. The molecule has 82 valence electrons. The Morgan fingerprint density at radius 2 is 2.00 bits per heavy atom. The van der Waals surface area contributed by atoms with Crippen molar-refractivity contribution in [2.24, 2.45) is 0 Å². The zero-order chi connectivity index (χ0) is 11.9. The quantitative estimate of drug-likeness (QED) is 0.562. The lowest BCUT2D eigenvalue weighted by Gasteiger charge is -1.93. The van der Waals surface area contributed by atoms with Crippen LogP contribution in [-0.4, -0.2) is 19.6 Å². The molecule has 2 rings (SSSR count). The van der Waals surface area contributed by atoms with E-state index in [1.165, 1.54) is 25.1 Å². The summed E-state index contributed by atoms with van der Waals surface area (Å²) in [7, 11) is 0. The van der Waals surface area contributed by atoms with E-state index in [1.54, 1.807) is 0 Å². The molecule has 8 heteroatoms. The molecule has 0 N–H and O–H groups in total. The normalized spacial score (nSPS) is 10.6. The molecule has 16 heavy (non-hydrogen) atoms. The Hall–Kier alpha value is -2.51. The molecule has 0 aliphatic carbocycles. The van der Waals surface area contributed by atoms with Crippen molar-refractivity contribution in [2.45, 2.75) is 6.92 Å². The largest absolute Gasteiger partial charge is 0.271 e. The number of fused-ring (bicyclic) bond motifs is 1. The first-order chi connectivity index (χ1) is 7.50. The maximum atomic E-state index is 10.7. The standard InChI is InChI=1S/C8H6N4O4/c1-5-9-7-4-6(11(13)14)2-3-8(7)10(5)12(15)16/h2-4H,1H3. The Morgan fingerprint density at radius 3 is 2.56 bits per heavy atom. The van der Waals surface area contributed by atoms with E-state index in [4.69, 9.17) is 0 Å². The van der Waals surface area contributed by atoms with Crippen LogP contribution in [0.2, 0.25) is 0 Å². The van der Waals surface area contributed by atoms with Gasteiger partial charge in [-0.1, -0.05) is 0 Å². The summed E-state index contributed by atoms with van der Waals surface area (Å²) in [5, 5.41) is 20.6. The third kappa shape index (κ3) is 1.36. The maximum Gasteiger partial charge on any atom is 0.271 e. The summed E-state index contributed by atoms with van der Waals surface area (Å²) in [5.41, 5.74) is 0.344. The van der Waals surface area contributed by atoms with Crippen LogP contribution in [0.25, 0.3) is 11.0 Å². The Balaban J connectivity index is 2.75. The Kier molecular flexibility index (Phi) is 2.04. The molecule has 0 unspecified atom stereocenters. The molecule has 0 atom stereocenters. The first-order valence-corrected chi connectivity index (χ1v) is 4.29. The van der Waals surface area contributed by atoms with Gasteiger partial charge in [0.15, 0.2) is 10.9 Å². The van der Waals surface area contributed by atoms with Gasteiger partial charge in [-0.25, -0.2) is 15.1 Å². The third-order valence-corrected chi connectivity index (χ3v) is 2.15. The predicted molar refractivity (Wildman–Crippen MR) is 53.5 cm³/mol. The van der Waals surface area contributed by atoms with E-state index in [-0.39, 0.29) is 22.5 Å². The average Bonchev–Trinajstić information content (AvgIpc) is 2.51. The van der Waals surface area contributed by atoms with Crippen LogP contribution in [0.15, 0.2) is 18.2 Å². The number of nitrogens with zero attached hydrogens (tertiary/aromatic N) is 4. The molecule has 0 saturated heterocycles. The van der Waals surface area contributed by atoms with Gasteiger partial charge < -0.3 is 0 Å². The second-order valence-corrected chi connectivity index (χ2v) is 3.14. The average molecular weight is 222 g/mol. The summed E-state index contributed by atoms with van der Waals surface area (Å²) in [5.74, 6) is 0.181. The molecule has 0 radical (unpaired) electrons. The highest BCUT2D eigenvalue weighted by Crippen LogP contribution is 2.21. The number of imidazole rings is 1. The second kappa shape index (κ2) is 3.26. The van der Waals surface area contributed by atoms with E-state index in [9.17, 15) is 20.2 Å². The number of non-ortho nitro benzene ring substituents is 1. The summed E-state index contributed by atoms with van der Waals surface area (Å²) < 4.78 is 0.791. The molecule has 1 aromatic heterocycles. The van der Waals surface area contributed by atoms with Crippen molar-refractivity contribution in [3.63, 3.8) is 0 Å². The van der Waals surface area contributed by atoms with Gasteiger partial charge in [-0.2, -0.15) is 0 Å². The Labute approximate surface area is 88.4 Å². The van der Waals surface area contributed by atoms with Crippen LogP contribution in [0, 0.1) is 27.2 Å². The molecule has 0 bridgehead atoms. The van der Waals surface area contributed by atoms with Crippen molar-refractivity contribution in [1.29, 1.82) is 0 Å². The Morgan fingerprint density at radius 1 is 1.31 bits per heavy atom. The number of hydrogen-bond donors (Lipinski definition) is 0. The smallest absolute Gasteiger partial charge is 0.258 e. The molecule has 0 amide bonds. The van der Waals surface area contributed by atoms with Crippen molar-refractivity contribution < 1.29 is 9.96 Å². The fourth-order valence-corrected chi connectivity index (χ4v) is 1.50. The molecule has 0 spiro atoms. The van der Waals surface area contributed by atoms with Crippen molar-refractivity contribution in [3.8, 4) is 0 Å². The van der Waals surface area contributed by atoms with E-state index >= 15 is 0 Å². The fourth-order valence-electron chi connectivity index (χ4n) is 1.50. The number of rotatable bonds is 2. The van der Waals surface area contributed by atoms with Crippen LogP contribution >= 0.6 is 0 Å². The van der Waals surface area contributed by atoms with Gasteiger partial charge in [0.25, 0.3) is 5.69 Å². The van der Waals surface area contributed by atoms with Gasteiger partial charge in [0.1, 0.15) is 11.0 Å². The number of aryl methyl sites for hydroxylation is 1. The van der Waals surface area contributed by atoms with Gasteiger partial charge in [-0.05, 0) is 10.7 Å². The molecule has 0 aliphatic heterocycles. The molecular formula is C8H6N4O4. The maximum absolute atomic E-state index is 10.7. The first kappa shape index (κ1) is 10.0. The molecule has 1 heterocycles. The summed E-state index contributed by atoms with van der Waals surface area (Å²) in [4.78, 5) is 24.5. The fraction of sp³-hybridized carbons (Fsp3) is 0.125. The molecule has 0 fully saturated rings. The molecular weight excluding hydrogens is 216 g/mol. The van der Waals surface area contributed by atoms with Crippen molar-refractivity contribution in [2.75, 3.05) is 0 Å². The van der Waals surface area contributed by atoms with Gasteiger partial charge in [0.05, 0.1) is 4.92 Å². The monoisotopic (exact) mass is 222 g/mol. The lowest BCUT2D eigenvalue weighted by atomic mass is 10.3. The van der Waals surface area contributed by atoms with E-state index < -0.39 is 9.96 Å². The van der Waals surface area contributed by atoms with Crippen LogP contribution in [0.3, 0.4) is 0 Å². The van der Waals surface area contributed by atoms with E-state index in [2.05, 4.69) is 4.98 Å². The first-order valence-electron chi connectivity index (χ1n) is 4.29. The van der Waals surface area contributed by atoms with Crippen LogP contribution in [0.1, 0.15) is 5.82 Å². The van der Waals surface area contributed by atoms with Crippen LogP contribution in [-0.2, 0) is 0 Å². The van der Waals surface area contributed by atoms with Gasteiger partial charge in [-0.3, -0.25) is 10.1 Å². The number of benzene rings is 1. The lowest BCUT2D eigenvalue weighted by Crippen LogP contribution is -2.09. The lowest BCUT2D eigenvalue weighted by molar-refractivity contribution is -0.539. The Bertz CT molecular complexity index is 603. The summed E-state index contributed by atoms with van der Waals surface area (Å²) in [6.07, 6.45) is 0. The van der Waals surface area contributed by atoms with E-state index in [1.807, 2.05) is 0 Å². The molecule has 0 saturated carbocycles. The third-order valence-electron chi connectivity index (χ3n) is 2.15. The second-order valence-electron chi connectivity index (χ2n) is 3.14. The minimum atomic E-state index is -0.615.